The Morgan fingerprint density at radius 1 is 1.29 bits per heavy atom. The molecule has 0 bridgehead atoms. The number of nitro groups is 1. The van der Waals surface area contributed by atoms with Gasteiger partial charge in [-0.25, -0.2) is 4.79 Å². The number of non-ortho nitro benzene ring substituents is 1. The average molecular weight is 325 g/mol. The zero-order valence-corrected chi connectivity index (χ0v) is 12.9. The zero-order valence-electron chi connectivity index (χ0n) is 12.9. The van der Waals surface area contributed by atoms with Crippen molar-refractivity contribution >= 4 is 23.1 Å². The molecule has 0 radical (unpaired) electrons. The molecule has 0 saturated heterocycles. The number of rotatable bonds is 4. The lowest BCUT2D eigenvalue weighted by molar-refractivity contribution is -0.384. The van der Waals surface area contributed by atoms with Crippen molar-refractivity contribution in [3.05, 3.63) is 69.8 Å². The van der Waals surface area contributed by atoms with Crippen LogP contribution in [0.1, 0.15) is 23.6 Å². The van der Waals surface area contributed by atoms with Gasteiger partial charge in [0.1, 0.15) is 5.71 Å². The number of hydrazone groups is 1. The first-order chi connectivity index (χ1) is 11.5. The van der Waals surface area contributed by atoms with Crippen LogP contribution >= 0.6 is 0 Å². The van der Waals surface area contributed by atoms with E-state index in [4.69, 9.17) is 0 Å². The molecule has 0 aliphatic carbocycles. The predicted octanol–water partition coefficient (Wildman–Crippen LogP) is 3.30. The summed E-state index contributed by atoms with van der Waals surface area (Å²) in [6.07, 6.45) is 0.238. The first-order valence-electron chi connectivity index (χ1n) is 7.37. The number of carboxylic acid groups (broad SMARTS) is 1. The third-order valence-electron chi connectivity index (χ3n) is 3.99. The lowest BCUT2D eigenvalue weighted by Gasteiger charge is -2.25. The van der Waals surface area contributed by atoms with Crippen LogP contribution < -0.4 is 5.01 Å². The van der Waals surface area contributed by atoms with Crippen molar-refractivity contribution in [2.45, 2.75) is 19.4 Å². The molecule has 1 N–H and O–H groups in total. The van der Waals surface area contributed by atoms with Crippen molar-refractivity contribution in [2.24, 2.45) is 5.10 Å². The van der Waals surface area contributed by atoms with E-state index in [1.165, 1.54) is 12.1 Å². The Kier molecular flexibility index (Phi) is 3.99. The third kappa shape index (κ3) is 2.83. The van der Waals surface area contributed by atoms with Gasteiger partial charge in [0.15, 0.2) is 0 Å². The summed E-state index contributed by atoms with van der Waals surface area (Å²) >= 11 is 0. The first-order valence-corrected chi connectivity index (χ1v) is 7.37. The van der Waals surface area contributed by atoms with Crippen molar-refractivity contribution in [2.75, 3.05) is 5.01 Å². The number of nitrogens with zero attached hydrogens (tertiary/aromatic N) is 3. The molecule has 0 aromatic heterocycles. The van der Waals surface area contributed by atoms with Gasteiger partial charge in [0.25, 0.3) is 5.69 Å². The van der Waals surface area contributed by atoms with Crippen LogP contribution in [0.2, 0.25) is 0 Å². The van der Waals surface area contributed by atoms with Crippen molar-refractivity contribution in [3.8, 4) is 0 Å². The molecule has 2 aromatic carbocycles. The molecule has 2 aromatic rings. The van der Waals surface area contributed by atoms with Crippen molar-refractivity contribution < 1.29 is 14.8 Å². The van der Waals surface area contributed by atoms with Crippen molar-refractivity contribution in [1.82, 2.24) is 0 Å². The molecule has 0 fully saturated rings. The van der Waals surface area contributed by atoms with Crippen LogP contribution in [0.3, 0.4) is 0 Å². The zero-order chi connectivity index (χ0) is 17.3. The van der Waals surface area contributed by atoms with Gasteiger partial charge >= 0.3 is 5.97 Å². The number of carboxylic acids is 1. The molecule has 0 saturated carbocycles. The third-order valence-corrected chi connectivity index (χ3v) is 3.99. The van der Waals surface area contributed by atoms with Crippen LogP contribution in [0.4, 0.5) is 11.4 Å². The Hall–Kier alpha value is -3.22. The highest BCUT2D eigenvalue weighted by atomic mass is 16.6. The van der Waals surface area contributed by atoms with Gasteiger partial charge in [-0.3, -0.25) is 15.1 Å². The Balaban J connectivity index is 2.09. The number of hydrogen-bond donors (Lipinski definition) is 1. The van der Waals surface area contributed by atoms with Gasteiger partial charge in [0.05, 0.1) is 16.7 Å². The van der Waals surface area contributed by atoms with E-state index < -0.39 is 10.9 Å². The average Bonchev–Trinajstić information content (AvgIpc) is 3.01. The minimum Gasteiger partial charge on any atom is -0.477 e. The molecule has 0 unspecified atom stereocenters. The van der Waals surface area contributed by atoms with Crippen LogP contribution in [-0.4, -0.2) is 21.7 Å². The fourth-order valence-corrected chi connectivity index (χ4v) is 2.75. The van der Waals surface area contributed by atoms with Crippen molar-refractivity contribution in [3.63, 3.8) is 0 Å². The summed E-state index contributed by atoms with van der Waals surface area (Å²) in [5.74, 6) is -1.08. The number of hydrogen-bond acceptors (Lipinski definition) is 5. The van der Waals surface area contributed by atoms with Crippen LogP contribution in [-0.2, 0) is 4.79 Å². The topological polar surface area (TPSA) is 96.0 Å². The summed E-state index contributed by atoms with van der Waals surface area (Å²) < 4.78 is 0. The highest BCUT2D eigenvalue weighted by Crippen LogP contribution is 2.38. The fraction of sp³-hybridized carbons (Fsp3) is 0.176. The molecule has 24 heavy (non-hydrogen) atoms. The smallest absolute Gasteiger partial charge is 0.352 e. The number of aryl methyl sites for hydroxylation is 1. The van der Waals surface area contributed by atoms with Crippen LogP contribution in [0.5, 0.6) is 0 Å². The van der Waals surface area contributed by atoms with Crippen LogP contribution in [0, 0.1) is 17.0 Å². The largest absolute Gasteiger partial charge is 0.477 e. The molecule has 122 valence electrons. The van der Waals surface area contributed by atoms with Crippen molar-refractivity contribution in [1.29, 1.82) is 0 Å². The second kappa shape index (κ2) is 6.11. The summed E-state index contributed by atoms with van der Waals surface area (Å²) in [5.41, 5.74) is 2.21. The normalized spacial score (nSPS) is 16.8. The number of anilines is 1. The Morgan fingerprint density at radius 2 is 2.00 bits per heavy atom. The number of benzene rings is 2. The molecule has 1 aliphatic rings. The van der Waals surface area contributed by atoms with E-state index in [1.54, 1.807) is 11.1 Å². The highest BCUT2D eigenvalue weighted by Gasteiger charge is 2.33. The Bertz CT molecular complexity index is 833. The molecule has 1 heterocycles. The fourth-order valence-electron chi connectivity index (χ4n) is 2.75. The maximum atomic E-state index is 11.3. The second-order valence-corrected chi connectivity index (χ2v) is 5.55. The quantitative estimate of drug-likeness (QED) is 0.687. The van der Waals surface area contributed by atoms with Gasteiger partial charge in [-0.15, -0.1) is 0 Å². The minimum atomic E-state index is -1.08. The second-order valence-electron chi connectivity index (χ2n) is 5.55. The Morgan fingerprint density at radius 3 is 2.62 bits per heavy atom. The maximum absolute atomic E-state index is 11.3. The van der Waals surface area contributed by atoms with Crippen LogP contribution in [0.15, 0.2) is 53.6 Å². The van der Waals surface area contributed by atoms with E-state index in [0.717, 1.165) is 11.1 Å². The van der Waals surface area contributed by atoms with Gasteiger partial charge in [-0.1, -0.05) is 36.4 Å². The van der Waals surface area contributed by atoms with E-state index in [1.807, 2.05) is 37.3 Å². The van der Waals surface area contributed by atoms with E-state index in [9.17, 15) is 20.0 Å². The maximum Gasteiger partial charge on any atom is 0.352 e. The van der Waals surface area contributed by atoms with Crippen LogP contribution in [0.25, 0.3) is 0 Å². The van der Waals surface area contributed by atoms with Gasteiger partial charge in [0.2, 0.25) is 0 Å². The molecular weight excluding hydrogens is 310 g/mol. The molecule has 7 heteroatoms. The van der Waals surface area contributed by atoms with Gasteiger partial charge in [0, 0.05) is 18.6 Å². The first kappa shape index (κ1) is 15.7. The molecule has 1 atom stereocenters. The molecule has 1 aliphatic heterocycles. The lowest BCUT2D eigenvalue weighted by atomic mass is 10.0. The van der Waals surface area contributed by atoms with E-state index >= 15 is 0 Å². The summed E-state index contributed by atoms with van der Waals surface area (Å²) in [5, 5.41) is 26.1. The minimum absolute atomic E-state index is 0.0368. The molecular formula is C17H15N3O4. The monoisotopic (exact) mass is 325 g/mol. The van der Waals surface area contributed by atoms with Gasteiger partial charge in [-0.05, 0) is 18.1 Å². The molecule has 3 rings (SSSR count). The highest BCUT2D eigenvalue weighted by molar-refractivity contribution is 6.36. The predicted molar refractivity (Wildman–Crippen MR) is 89.2 cm³/mol. The van der Waals surface area contributed by atoms with E-state index in [0.29, 0.717) is 5.69 Å². The summed E-state index contributed by atoms with van der Waals surface area (Å²) in [6, 6.07) is 13.6. The standard InChI is InChI=1S/C17H15N3O4/c1-11-7-8-13(20(23)24)9-15(11)19-16(10-14(18-19)17(21)22)12-5-3-2-4-6-12/h2-9,16H,10H2,1H3,(H,21,22)/t16-/m1/s1. The molecule has 0 amide bonds. The summed E-state index contributed by atoms with van der Waals surface area (Å²) in [7, 11) is 0. The molecule has 0 spiro atoms. The number of aliphatic carboxylic acids is 1. The molecule has 7 nitrogen and oxygen atoms in total. The summed E-state index contributed by atoms with van der Waals surface area (Å²) in [4.78, 5) is 21.9. The Labute approximate surface area is 138 Å². The van der Waals surface area contributed by atoms with E-state index in [2.05, 4.69) is 5.10 Å². The van der Waals surface area contributed by atoms with Gasteiger partial charge in [-0.2, -0.15) is 5.10 Å². The summed E-state index contributed by atoms with van der Waals surface area (Å²) in [6.45, 7) is 1.81. The van der Waals surface area contributed by atoms with Gasteiger partial charge < -0.3 is 5.11 Å². The van der Waals surface area contributed by atoms with E-state index in [-0.39, 0.29) is 23.9 Å². The lowest BCUT2D eigenvalue weighted by Crippen LogP contribution is -2.19. The SMILES string of the molecule is Cc1ccc([N+](=O)[O-])cc1N1N=C(C(=O)O)C[C@@H]1c1ccccc1. The number of nitro benzene ring substituents is 1. The number of carbonyl (C=O) groups is 1.